The number of anilines is 2. The molecule has 0 radical (unpaired) electrons. The number of amides is 3. The van der Waals surface area contributed by atoms with E-state index in [-0.39, 0.29) is 24.1 Å². The van der Waals surface area contributed by atoms with Gasteiger partial charge >= 0.3 is 6.03 Å². The number of benzene rings is 1. The molecule has 0 saturated carbocycles. The van der Waals surface area contributed by atoms with Crippen molar-refractivity contribution in [1.82, 2.24) is 10.1 Å². The Labute approximate surface area is 155 Å². The van der Waals surface area contributed by atoms with E-state index in [0.29, 0.717) is 17.9 Å². The molecule has 0 bridgehead atoms. The summed E-state index contributed by atoms with van der Waals surface area (Å²) in [6, 6.07) is 6.35. The van der Waals surface area contributed by atoms with Crippen LogP contribution in [0.2, 0.25) is 0 Å². The maximum absolute atomic E-state index is 12.6. The van der Waals surface area contributed by atoms with Crippen LogP contribution in [0.1, 0.15) is 26.0 Å². The summed E-state index contributed by atoms with van der Waals surface area (Å²) in [5.41, 5.74) is 0.320. The van der Waals surface area contributed by atoms with Crippen molar-refractivity contribution in [2.75, 3.05) is 17.2 Å². The van der Waals surface area contributed by atoms with Crippen LogP contribution in [-0.2, 0) is 4.79 Å². The summed E-state index contributed by atoms with van der Waals surface area (Å²) >= 11 is 0. The summed E-state index contributed by atoms with van der Waals surface area (Å²) in [4.78, 5) is 36.4. The third kappa shape index (κ3) is 5.53. The lowest BCUT2D eigenvalue weighted by atomic mass is 10.2. The molecule has 0 aliphatic heterocycles. The van der Waals surface area contributed by atoms with Crippen LogP contribution >= 0.6 is 0 Å². The zero-order valence-corrected chi connectivity index (χ0v) is 15.3. The second-order valence-electron chi connectivity index (χ2n) is 5.99. The largest absolute Gasteiger partial charge is 0.360 e. The molecule has 1 aromatic heterocycles. The molecule has 0 aliphatic rings. The lowest BCUT2D eigenvalue weighted by Gasteiger charge is -2.28. The Morgan fingerprint density at radius 1 is 1.30 bits per heavy atom. The molecule has 1 aromatic carbocycles. The van der Waals surface area contributed by atoms with Crippen LogP contribution in [0, 0.1) is 17.0 Å². The SMILES string of the molecule is CC[C@H](C)N(CC(=O)Nc1cc(C)on1)C(=O)Nc1ccc([N+](=O)[O-])cc1. The monoisotopic (exact) mass is 375 g/mol. The van der Waals surface area contributed by atoms with E-state index in [4.69, 9.17) is 4.52 Å². The van der Waals surface area contributed by atoms with Gasteiger partial charge in [-0.2, -0.15) is 0 Å². The zero-order valence-electron chi connectivity index (χ0n) is 15.3. The van der Waals surface area contributed by atoms with Crippen LogP contribution in [0.5, 0.6) is 0 Å². The molecule has 2 rings (SSSR count). The summed E-state index contributed by atoms with van der Waals surface area (Å²) in [5, 5.41) is 19.6. The van der Waals surface area contributed by atoms with Crippen LogP contribution < -0.4 is 10.6 Å². The van der Waals surface area contributed by atoms with Gasteiger partial charge in [0.05, 0.1) is 4.92 Å². The number of carbonyl (C=O) groups is 2. The van der Waals surface area contributed by atoms with Crippen molar-refractivity contribution >= 4 is 29.1 Å². The van der Waals surface area contributed by atoms with Crippen LogP contribution in [0.15, 0.2) is 34.9 Å². The van der Waals surface area contributed by atoms with Crippen molar-refractivity contribution in [2.24, 2.45) is 0 Å². The lowest BCUT2D eigenvalue weighted by Crippen LogP contribution is -2.45. The highest BCUT2D eigenvalue weighted by Gasteiger charge is 2.22. The maximum atomic E-state index is 12.6. The van der Waals surface area contributed by atoms with Gasteiger partial charge in [0, 0.05) is 29.9 Å². The Balaban J connectivity index is 2.04. The number of carbonyl (C=O) groups excluding carboxylic acids is 2. The van der Waals surface area contributed by atoms with Crippen molar-refractivity contribution < 1.29 is 19.0 Å². The second kappa shape index (κ2) is 8.79. The van der Waals surface area contributed by atoms with Gasteiger partial charge in [-0.15, -0.1) is 0 Å². The molecular formula is C17H21N5O5. The predicted molar refractivity (Wildman–Crippen MR) is 98.4 cm³/mol. The van der Waals surface area contributed by atoms with Gasteiger partial charge in [0.15, 0.2) is 5.82 Å². The van der Waals surface area contributed by atoms with Crippen LogP contribution in [0.4, 0.5) is 22.0 Å². The Morgan fingerprint density at radius 2 is 1.96 bits per heavy atom. The van der Waals surface area contributed by atoms with E-state index < -0.39 is 16.9 Å². The first kappa shape index (κ1) is 19.9. The summed E-state index contributed by atoms with van der Waals surface area (Å²) < 4.78 is 4.89. The molecular weight excluding hydrogens is 354 g/mol. The molecule has 144 valence electrons. The number of aromatic nitrogens is 1. The van der Waals surface area contributed by atoms with E-state index >= 15 is 0 Å². The smallest absolute Gasteiger partial charge is 0.322 e. The Bertz CT molecular complexity index is 817. The normalized spacial score (nSPS) is 11.5. The Kier molecular flexibility index (Phi) is 6.47. The number of nitro groups is 1. The van der Waals surface area contributed by atoms with E-state index in [9.17, 15) is 19.7 Å². The molecule has 1 heterocycles. The van der Waals surface area contributed by atoms with E-state index in [0.717, 1.165) is 0 Å². The topological polar surface area (TPSA) is 131 Å². The molecule has 2 aromatic rings. The van der Waals surface area contributed by atoms with Crippen molar-refractivity contribution in [3.8, 4) is 0 Å². The average molecular weight is 375 g/mol. The van der Waals surface area contributed by atoms with Gasteiger partial charge in [0.2, 0.25) is 5.91 Å². The van der Waals surface area contributed by atoms with Gasteiger partial charge < -0.3 is 20.1 Å². The summed E-state index contributed by atoms with van der Waals surface area (Å²) in [6.07, 6.45) is 0.643. The molecule has 0 fully saturated rings. The lowest BCUT2D eigenvalue weighted by molar-refractivity contribution is -0.384. The third-order valence-electron chi connectivity index (χ3n) is 3.92. The summed E-state index contributed by atoms with van der Waals surface area (Å²) in [7, 11) is 0. The predicted octanol–water partition coefficient (Wildman–Crippen LogP) is 3.16. The molecule has 0 aliphatic carbocycles. The number of hydrogen-bond donors (Lipinski definition) is 2. The molecule has 0 unspecified atom stereocenters. The molecule has 2 N–H and O–H groups in total. The molecule has 1 atom stereocenters. The minimum Gasteiger partial charge on any atom is -0.360 e. The standard InChI is InChI=1S/C17H21N5O5/c1-4-11(2)21(10-16(23)19-15-9-12(3)27-20-15)17(24)18-13-5-7-14(8-6-13)22(25)26/h5-9,11H,4,10H2,1-3H3,(H,18,24)(H,19,20,23)/t11-/m0/s1. The molecule has 10 heteroatoms. The fourth-order valence-electron chi connectivity index (χ4n) is 2.27. The molecule has 10 nitrogen and oxygen atoms in total. The van der Waals surface area contributed by atoms with Crippen molar-refractivity contribution in [1.29, 1.82) is 0 Å². The number of nitrogens with zero attached hydrogens (tertiary/aromatic N) is 3. The summed E-state index contributed by atoms with van der Waals surface area (Å²) in [6.45, 7) is 5.24. The van der Waals surface area contributed by atoms with E-state index in [1.54, 1.807) is 13.0 Å². The van der Waals surface area contributed by atoms with E-state index in [2.05, 4.69) is 15.8 Å². The van der Waals surface area contributed by atoms with Crippen molar-refractivity contribution in [2.45, 2.75) is 33.2 Å². The first-order chi connectivity index (χ1) is 12.8. The van der Waals surface area contributed by atoms with Gasteiger partial charge in [-0.1, -0.05) is 12.1 Å². The van der Waals surface area contributed by atoms with Gasteiger partial charge in [-0.25, -0.2) is 4.79 Å². The van der Waals surface area contributed by atoms with E-state index in [1.165, 1.54) is 29.2 Å². The minimum absolute atomic E-state index is 0.0749. The fourth-order valence-corrected chi connectivity index (χ4v) is 2.27. The first-order valence-corrected chi connectivity index (χ1v) is 8.35. The second-order valence-corrected chi connectivity index (χ2v) is 5.99. The van der Waals surface area contributed by atoms with Gasteiger partial charge in [-0.05, 0) is 32.4 Å². The fraction of sp³-hybridized carbons (Fsp3) is 0.353. The summed E-state index contributed by atoms with van der Waals surface area (Å²) in [5.74, 6) is 0.417. The van der Waals surface area contributed by atoms with Gasteiger partial charge in [-0.3, -0.25) is 14.9 Å². The minimum atomic E-state index is -0.521. The average Bonchev–Trinajstić information content (AvgIpc) is 3.04. The number of nitro benzene ring substituents is 1. The Hall–Kier alpha value is -3.43. The van der Waals surface area contributed by atoms with E-state index in [1.807, 2.05) is 13.8 Å². The molecule has 0 spiro atoms. The number of urea groups is 1. The maximum Gasteiger partial charge on any atom is 0.322 e. The molecule has 0 saturated heterocycles. The molecule has 3 amide bonds. The highest BCUT2D eigenvalue weighted by molar-refractivity contribution is 5.96. The number of hydrogen-bond acceptors (Lipinski definition) is 6. The van der Waals surface area contributed by atoms with Crippen LogP contribution in [-0.4, -0.2) is 39.5 Å². The highest BCUT2D eigenvalue weighted by atomic mass is 16.6. The number of aryl methyl sites for hydroxylation is 1. The van der Waals surface area contributed by atoms with Gasteiger partial charge in [0.25, 0.3) is 5.69 Å². The third-order valence-corrected chi connectivity index (χ3v) is 3.92. The van der Waals surface area contributed by atoms with Gasteiger partial charge in [0.1, 0.15) is 12.3 Å². The highest BCUT2D eigenvalue weighted by Crippen LogP contribution is 2.17. The Morgan fingerprint density at radius 3 is 2.48 bits per heavy atom. The number of rotatable bonds is 7. The van der Waals surface area contributed by atoms with Crippen molar-refractivity contribution in [3.63, 3.8) is 0 Å². The number of non-ortho nitro benzene ring substituents is 1. The molecule has 27 heavy (non-hydrogen) atoms. The van der Waals surface area contributed by atoms with Crippen LogP contribution in [0.3, 0.4) is 0 Å². The quantitative estimate of drug-likeness (QED) is 0.564. The zero-order chi connectivity index (χ0) is 20.0. The first-order valence-electron chi connectivity index (χ1n) is 8.35. The number of nitrogens with one attached hydrogen (secondary N) is 2. The van der Waals surface area contributed by atoms with Crippen LogP contribution in [0.25, 0.3) is 0 Å². The van der Waals surface area contributed by atoms with Crippen molar-refractivity contribution in [3.05, 3.63) is 46.2 Å².